The largest absolute Gasteiger partial charge is 0.497 e. The van der Waals surface area contributed by atoms with Crippen molar-refractivity contribution in [1.82, 2.24) is 24.0 Å². The van der Waals surface area contributed by atoms with Crippen LogP contribution in [0.25, 0.3) is 0 Å². The number of hydrogen-bond donors (Lipinski definition) is 0. The minimum Gasteiger partial charge on any atom is -0.497 e. The Morgan fingerprint density at radius 2 is 1.62 bits per heavy atom. The molecule has 1 aromatic carbocycles. The van der Waals surface area contributed by atoms with Crippen LogP contribution >= 0.6 is 0 Å². The van der Waals surface area contributed by atoms with E-state index in [4.69, 9.17) is 9.15 Å². The number of rotatable bonds is 8. The Hall–Kier alpha value is -2.96. The number of hydrogen-bond acceptors (Lipinski definition) is 8. The van der Waals surface area contributed by atoms with Crippen LogP contribution < -0.4 is 4.74 Å². The molecule has 3 aliphatic rings. The number of benzene rings is 1. The van der Waals surface area contributed by atoms with Crippen molar-refractivity contribution in [1.29, 1.82) is 0 Å². The summed E-state index contributed by atoms with van der Waals surface area (Å²) in [7, 11) is -0.223. The number of aryl methyl sites for hydroxylation is 2. The van der Waals surface area contributed by atoms with Gasteiger partial charge in [-0.1, -0.05) is 0 Å². The van der Waals surface area contributed by atoms with Gasteiger partial charge in [0.1, 0.15) is 12.0 Å². The van der Waals surface area contributed by atoms with Crippen LogP contribution in [0.15, 0.2) is 27.7 Å². The van der Waals surface area contributed by atoms with Gasteiger partial charge in [0.25, 0.3) is 5.91 Å². The molecule has 0 spiro atoms. The summed E-state index contributed by atoms with van der Waals surface area (Å²) in [4.78, 5) is 36.6. The van der Waals surface area contributed by atoms with Crippen LogP contribution in [-0.2, 0) is 21.4 Å². The Balaban J connectivity index is 1.23. The molecule has 0 unspecified atom stereocenters. The molecular formula is C28H39N5O6S. The minimum absolute atomic E-state index is 0.0488. The van der Waals surface area contributed by atoms with Gasteiger partial charge in [0.2, 0.25) is 21.8 Å². The van der Waals surface area contributed by atoms with E-state index in [1.807, 2.05) is 4.90 Å². The van der Waals surface area contributed by atoms with Crippen LogP contribution in [0.2, 0.25) is 0 Å². The predicted octanol–water partition coefficient (Wildman–Crippen LogP) is 2.28. The normalized spacial score (nSPS) is 19.3. The molecule has 12 heteroatoms. The number of piperazine rings is 1. The van der Waals surface area contributed by atoms with Gasteiger partial charge in [-0.15, -0.1) is 0 Å². The number of likely N-dealkylation sites (tertiary alicyclic amines) is 1. The molecule has 2 aromatic rings. The lowest BCUT2D eigenvalue weighted by Gasteiger charge is -2.37. The van der Waals surface area contributed by atoms with E-state index >= 15 is 0 Å². The first-order chi connectivity index (χ1) is 19.1. The fourth-order valence-corrected chi connectivity index (χ4v) is 7.77. The molecule has 0 radical (unpaired) electrons. The van der Waals surface area contributed by atoms with Crippen molar-refractivity contribution in [2.24, 2.45) is 5.92 Å². The Labute approximate surface area is 236 Å². The van der Waals surface area contributed by atoms with Gasteiger partial charge in [0.15, 0.2) is 5.69 Å². The van der Waals surface area contributed by atoms with E-state index in [0.717, 1.165) is 39.0 Å². The fraction of sp³-hybridized carbons (Fsp3) is 0.607. The molecule has 1 saturated carbocycles. The van der Waals surface area contributed by atoms with Crippen LogP contribution in [0.1, 0.15) is 53.2 Å². The Kier molecular flexibility index (Phi) is 8.21. The fourth-order valence-electron chi connectivity index (χ4n) is 5.72. The number of likely N-dealkylation sites (N-methyl/N-ethyl adjacent to an activating group) is 1. The standard InChI is InChI=1S/C28H39N5O6S/c1-19-15-23(38-4)16-20(2)26(19)40(36,37)33(22-5-6-22)17-25-29-24(18-39-25)28(35)31-9-7-21(8-10-31)27(34)32-13-11-30(3)12-14-32/h15-16,18,21-22H,5-14,17H2,1-4H3. The quantitative estimate of drug-likeness (QED) is 0.472. The zero-order chi connectivity index (χ0) is 28.6. The van der Waals surface area contributed by atoms with Crippen molar-refractivity contribution in [3.63, 3.8) is 0 Å². The van der Waals surface area contributed by atoms with Gasteiger partial charge in [-0.05, 0) is 69.8 Å². The number of nitrogens with zero attached hydrogens (tertiary/aromatic N) is 5. The third-order valence-corrected chi connectivity index (χ3v) is 10.4. The Bertz CT molecular complexity index is 1330. The minimum atomic E-state index is -3.84. The highest BCUT2D eigenvalue weighted by Crippen LogP contribution is 2.36. The molecule has 218 valence electrons. The van der Waals surface area contributed by atoms with Crippen molar-refractivity contribution < 1.29 is 27.2 Å². The molecule has 2 saturated heterocycles. The van der Waals surface area contributed by atoms with E-state index in [1.54, 1.807) is 38.0 Å². The smallest absolute Gasteiger partial charge is 0.275 e. The second kappa shape index (κ2) is 11.5. The van der Waals surface area contributed by atoms with E-state index < -0.39 is 10.0 Å². The van der Waals surface area contributed by atoms with Crippen LogP contribution in [-0.4, -0.2) is 104 Å². The summed E-state index contributed by atoms with van der Waals surface area (Å²) >= 11 is 0. The lowest BCUT2D eigenvalue weighted by molar-refractivity contribution is -0.138. The zero-order valence-corrected chi connectivity index (χ0v) is 24.6. The molecule has 0 bridgehead atoms. The number of oxazole rings is 1. The molecule has 0 N–H and O–H groups in total. The number of ether oxygens (including phenoxy) is 1. The lowest BCUT2D eigenvalue weighted by atomic mass is 9.94. The third-order valence-electron chi connectivity index (χ3n) is 8.20. The average Bonchev–Trinajstić information content (AvgIpc) is 3.67. The van der Waals surface area contributed by atoms with Gasteiger partial charge in [-0.25, -0.2) is 13.4 Å². The molecule has 2 aliphatic heterocycles. The molecule has 5 rings (SSSR count). The summed E-state index contributed by atoms with van der Waals surface area (Å²) in [6.45, 7) is 7.70. The van der Waals surface area contributed by atoms with Crippen LogP contribution in [0, 0.1) is 19.8 Å². The number of carbonyl (C=O) groups excluding carboxylic acids is 2. The van der Waals surface area contributed by atoms with Crippen LogP contribution in [0.5, 0.6) is 5.75 Å². The summed E-state index contributed by atoms with van der Waals surface area (Å²) in [5.74, 6) is 0.650. The topological polar surface area (TPSA) is 116 Å². The third kappa shape index (κ3) is 5.89. The highest BCUT2D eigenvalue weighted by Gasteiger charge is 2.41. The van der Waals surface area contributed by atoms with Gasteiger partial charge < -0.3 is 23.9 Å². The SMILES string of the molecule is COc1cc(C)c(S(=O)(=O)N(Cc2nc(C(=O)N3CCC(C(=O)N4CCN(C)CC4)CC3)co2)C2CC2)c(C)c1. The number of aromatic nitrogens is 1. The number of carbonyl (C=O) groups is 2. The molecule has 11 nitrogen and oxygen atoms in total. The highest BCUT2D eigenvalue weighted by molar-refractivity contribution is 7.89. The van der Waals surface area contributed by atoms with Crippen molar-refractivity contribution in [3.8, 4) is 5.75 Å². The first kappa shape index (κ1) is 28.6. The van der Waals surface area contributed by atoms with E-state index in [0.29, 0.717) is 42.8 Å². The van der Waals surface area contributed by atoms with Crippen LogP contribution in [0.3, 0.4) is 0 Å². The van der Waals surface area contributed by atoms with Crippen LogP contribution in [0.4, 0.5) is 0 Å². The monoisotopic (exact) mass is 573 g/mol. The zero-order valence-electron chi connectivity index (χ0n) is 23.8. The van der Waals surface area contributed by atoms with Gasteiger partial charge in [-0.3, -0.25) is 9.59 Å². The van der Waals surface area contributed by atoms with Gasteiger partial charge in [-0.2, -0.15) is 4.31 Å². The maximum Gasteiger partial charge on any atom is 0.275 e. The first-order valence-corrected chi connectivity index (χ1v) is 15.4. The molecular weight excluding hydrogens is 534 g/mol. The molecule has 1 aliphatic carbocycles. The maximum atomic E-state index is 13.8. The first-order valence-electron chi connectivity index (χ1n) is 14.0. The van der Waals surface area contributed by atoms with Crippen molar-refractivity contribution in [3.05, 3.63) is 41.1 Å². The maximum absolute atomic E-state index is 13.8. The lowest BCUT2D eigenvalue weighted by Crippen LogP contribution is -2.51. The second-order valence-electron chi connectivity index (χ2n) is 11.2. The van der Waals surface area contributed by atoms with Gasteiger partial charge in [0, 0.05) is 51.2 Å². The van der Waals surface area contributed by atoms with Crippen molar-refractivity contribution in [2.45, 2.75) is 57.0 Å². The van der Waals surface area contributed by atoms with E-state index in [9.17, 15) is 18.0 Å². The second-order valence-corrected chi connectivity index (χ2v) is 13.0. The van der Waals surface area contributed by atoms with E-state index in [1.165, 1.54) is 10.6 Å². The summed E-state index contributed by atoms with van der Waals surface area (Å²) in [6.07, 6.45) is 4.08. The van der Waals surface area contributed by atoms with Gasteiger partial charge >= 0.3 is 0 Å². The molecule has 40 heavy (non-hydrogen) atoms. The summed E-state index contributed by atoms with van der Waals surface area (Å²) in [5.41, 5.74) is 1.38. The molecule has 3 fully saturated rings. The molecule has 0 atom stereocenters. The predicted molar refractivity (Wildman–Crippen MR) is 147 cm³/mol. The van der Waals surface area contributed by atoms with Gasteiger partial charge in [0.05, 0.1) is 18.6 Å². The number of piperidine rings is 1. The number of amides is 2. The number of methoxy groups -OCH3 is 1. The molecule has 2 amide bonds. The molecule has 1 aromatic heterocycles. The van der Waals surface area contributed by atoms with Crippen molar-refractivity contribution >= 4 is 21.8 Å². The molecule has 3 heterocycles. The summed E-state index contributed by atoms with van der Waals surface area (Å²) in [5, 5.41) is 0. The average molecular weight is 574 g/mol. The van der Waals surface area contributed by atoms with Crippen molar-refractivity contribution in [2.75, 3.05) is 53.4 Å². The Morgan fingerprint density at radius 1 is 1.00 bits per heavy atom. The van der Waals surface area contributed by atoms with E-state index in [-0.39, 0.29) is 46.8 Å². The number of sulfonamides is 1. The summed E-state index contributed by atoms with van der Waals surface area (Å²) < 4.78 is 39.9. The highest BCUT2D eigenvalue weighted by atomic mass is 32.2. The summed E-state index contributed by atoms with van der Waals surface area (Å²) in [6, 6.07) is 3.30. The Morgan fingerprint density at radius 3 is 2.20 bits per heavy atom. The van der Waals surface area contributed by atoms with E-state index in [2.05, 4.69) is 16.9 Å².